The normalized spacial score (nSPS) is 12.8. The lowest BCUT2D eigenvalue weighted by Crippen LogP contribution is -2.43. The molecule has 1 unspecified atom stereocenters. The van der Waals surface area contributed by atoms with Gasteiger partial charge in [0.15, 0.2) is 0 Å². The van der Waals surface area contributed by atoms with Gasteiger partial charge in [-0.15, -0.1) is 0 Å². The maximum absolute atomic E-state index is 11.7. The van der Waals surface area contributed by atoms with Gasteiger partial charge in [0.05, 0.1) is 12.6 Å². The third kappa shape index (κ3) is 8.55. The van der Waals surface area contributed by atoms with Gasteiger partial charge in [0.2, 0.25) is 5.91 Å². The topological polar surface area (TPSA) is 50.4 Å². The summed E-state index contributed by atoms with van der Waals surface area (Å²) in [5, 5.41) is 5.61. The Bertz CT molecular complexity index is 192. The van der Waals surface area contributed by atoms with E-state index in [1.165, 1.54) is 0 Å². The van der Waals surface area contributed by atoms with Crippen LogP contribution in [0.5, 0.6) is 0 Å². The molecule has 1 amide bonds. The molecule has 0 aromatic rings. The zero-order valence-corrected chi connectivity index (χ0v) is 9.76. The molecule has 0 saturated carbocycles. The fourth-order valence-electron chi connectivity index (χ4n) is 1.01. The Hall–Kier alpha value is -0.750. The molecule has 96 valence electrons. The quantitative estimate of drug-likeness (QED) is 0.583. The monoisotopic (exact) mass is 238 g/mol. The van der Waals surface area contributed by atoms with E-state index in [1.54, 1.807) is 6.92 Å². The summed E-state index contributed by atoms with van der Waals surface area (Å²) in [6, 6.07) is -0.332. The maximum Gasteiger partial charge on any atom is 0.261 e. The second-order valence-electron chi connectivity index (χ2n) is 3.43. The lowest BCUT2D eigenvalue weighted by Gasteiger charge is -2.13. The summed E-state index contributed by atoms with van der Waals surface area (Å²) in [4.78, 5) is 11.3. The molecule has 0 saturated heterocycles. The fraction of sp³-hybridized carbons (Fsp3) is 0.900. The van der Waals surface area contributed by atoms with Gasteiger partial charge < -0.3 is 15.4 Å². The third-order valence-electron chi connectivity index (χ3n) is 1.88. The highest BCUT2D eigenvalue weighted by Crippen LogP contribution is 1.91. The van der Waals surface area contributed by atoms with E-state index in [9.17, 15) is 13.6 Å². The lowest BCUT2D eigenvalue weighted by atomic mass is 10.3. The van der Waals surface area contributed by atoms with Crippen molar-refractivity contribution in [3.05, 3.63) is 0 Å². The number of carbonyl (C=O) groups is 1. The van der Waals surface area contributed by atoms with Gasteiger partial charge in [0, 0.05) is 13.1 Å². The molecule has 0 aliphatic heterocycles. The molecule has 0 aliphatic rings. The minimum Gasteiger partial charge on any atom is -0.374 e. The fourth-order valence-corrected chi connectivity index (χ4v) is 1.01. The number of nitrogens with one attached hydrogen (secondary N) is 2. The number of alkyl halides is 2. The molecule has 0 aromatic carbocycles. The smallest absolute Gasteiger partial charge is 0.261 e. The van der Waals surface area contributed by atoms with Gasteiger partial charge in [-0.05, 0) is 13.3 Å². The van der Waals surface area contributed by atoms with Crippen LogP contribution < -0.4 is 10.6 Å². The number of carbonyl (C=O) groups excluding carboxylic acids is 1. The third-order valence-corrected chi connectivity index (χ3v) is 1.88. The van der Waals surface area contributed by atoms with Crippen LogP contribution in [0.4, 0.5) is 8.78 Å². The second-order valence-corrected chi connectivity index (χ2v) is 3.43. The van der Waals surface area contributed by atoms with Crippen molar-refractivity contribution in [1.82, 2.24) is 10.6 Å². The van der Waals surface area contributed by atoms with Crippen LogP contribution in [0.15, 0.2) is 0 Å². The maximum atomic E-state index is 11.7. The van der Waals surface area contributed by atoms with Crippen molar-refractivity contribution in [3.63, 3.8) is 0 Å². The minimum atomic E-state index is -2.44. The molecular formula is C10H20F2N2O2. The predicted molar refractivity (Wildman–Crippen MR) is 57.6 cm³/mol. The van der Waals surface area contributed by atoms with Crippen LogP contribution in [0.25, 0.3) is 0 Å². The average molecular weight is 238 g/mol. The van der Waals surface area contributed by atoms with Crippen molar-refractivity contribution in [2.24, 2.45) is 0 Å². The number of rotatable bonds is 9. The van der Waals surface area contributed by atoms with Gasteiger partial charge in [-0.2, -0.15) is 0 Å². The average Bonchev–Trinajstić information content (AvgIpc) is 2.24. The summed E-state index contributed by atoms with van der Waals surface area (Å²) >= 11 is 0. The highest BCUT2D eigenvalue weighted by atomic mass is 19.3. The highest BCUT2D eigenvalue weighted by Gasteiger charge is 2.10. The van der Waals surface area contributed by atoms with E-state index < -0.39 is 13.0 Å². The van der Waals surface area contributed by atoms with E-state index in [1.807, 2.05) is 6.92 Å². The molecule has 0 rings (SSSR count). The van der Waals surface area contributed by atoms with Gasteiger partial charge in [0.25, 0.3) is 6.43 Å². The van der Waals surface area contributed by atoms with Gasteiger partial charge in [-0.1, -0.05) is 6.92 Å². The molecule has 16 heavy (non-hydrogen) atoms. The van der Waals surface area contributed by atoms with E-state index >= 15 is 0 Å². The number of hydrogen-bond acceptors (Lipinski definition) is 3. The standard InChI is InChI=1S/C10H20F2N2O2/c1-3-4-14-10(15)8(2)13-5-6-16-7-9(11)12/h8-9,13H,3-7H2,1-2H3,(H,14,15). The van der Waals surface area contributed by atoms with Crippen molar-refractivity contribution in [1.29, 1.82) is 0 Å². The Morgan fingerprint density at radius 3 is 2.62 bits per heavy atom. The molecule has 6 heteroatoms. The van der Waals surface area contributed by atoms with Gasteiger partial charge >= 0.3 is 0 Å². The number of amides is 1. The van der Waals surface area contributed by atoms with Gasteiger partial charge in [0.1, 0.15) is 6.61 Å². The number of ether oxygens (including phenoxy) is 1. The van der Waals surface area contributed by atoms with Gasteiger partial charge in [-0.3, -0.25) is 4.79 Å². The van der Waals surface area contributed by atoms with E-state index in [0.29, 0.717) is 13.1 Å². The molecule has 0 aromatic heterocycles. The zero-order chi connectivity index (χ0) is 12.4. The van der Waals surface area contributed by atoms with Crippen molar-refractivity contribution in [2.45, 2.75) is 32.7 Å². The summed E-state index contributed by atoms with van der Waals surface area (Å²) in [5.41, 5.74) is 0. The molecular weight excluding hydrogens is 218 g/mol. The van der Waals surface area contributed by atoms with Crippen molar-refractivity contribution in [3.8, 4) is 0 Å². The van der Waals surface area contributed by atoms with Crippen LogP contribution in [0.2, 0.25) is 0 Å². The summed E-state index contributed by atoms with van der Waals surface area (Å²) in [6.07, 6.45) is -1.55. The predicted octanol–water partition coefficient (Wildman–Crippen LogP) is 0.772. The van der Waals surface area contributed by atoms with Crippen molar-refractivity contribution < 1.29 is 18.3 Å². The Morgan fingerprint density at radius 1 is 1.38 bits per heavy atom. The Kier molecular flexibility index (Phi) is 9.03. The number of hydrogen-bond donors (Lipinski definition) is 2. The molecule has 2 N–H and O–H groups in total. The highest BCUT2D eigenvalue weighted by molar-refractivity contribution is 5.81. The zero-order valence-electron chi connectivity index (χ0n) is 9.76. The van der Waals surface area contributed by atoms with Crippen molar-refractivity contribution in [2.75, 3.05) is 26.3 Å². The lowest BCUT2D eigenvalue weighted by molar-refractivity contribution is -0.122. The van der Waals surface area contributed by atoms with Crippen LogP contribution in [-0.4, -0.2) is 44.7 Å². The summed E-state index contributed by atoms with van der Waals surface area (Å²) in [5.74, 6) is -0.0873. The molecule has 0 heterocycles. The first-order chi connectivity index (χ1) is 7.57. The SMILES string of the molecule is CCCNC(=O)C(C)NCCOCC(F)F. The van der Waals surface area contributed by atoms with E-state index in [4.69, 9.17) is 0 Å². The van der Waals surface area contributed by atoms with E-state index in [-0.39, 0.29) is 18.6 Å². The van der Waals surface area contributed by atoms with Crippen LogP contribution in [0, 0.1) is 0 Å². The van der Waals surface area contributed by atoms with Crippen molar-refractivity contribution >= 4 is 5.91 Å². The van der Waals surface area contributed by atoms with Crippen LogP contribution in [0.3, 0.4) is 0 Å². The first-order valence-corrected chi connectivity index (χ1v) is 5.45. The van der Waals surface area contributed by atoms with Gasteiger partial charge in [-0.25, -0.2) is 8.78 Å². The molecule has 0 radical (unpaired) electrons. The Morgan fingerprint density at radius 2 is 2.06 bits per heavy atom. The van der Waals surface area contributed by atoms with E-state index in [2.05, 4.69) is 15.4 Å². The second kappa shape index (κ2) is 9.47. The molecule has 4 nitrogen and oxygen atoms in total. The number of halogens is 2. The first kappa shape index (κ1) is 15.2. The van der Waals surface area contributed by atoms with E-state index in [0.717, 1.165) is 6.42 Å². The molecule has 0 spiro atoms. The first-order valence-electron chi connectivity index (χ1n) is 5.45. The molecule has 0 bridgehead atoms. The minimum absolute atomic E-state index is 0.0873. The Balaban J connectivity index is 3.42. The molecule has 1 atom stereocenters. The molecule has 0 fully saturated rings. The summed E-state index contributed by atoms with van der Waals surface area (Å²) < 4.78 is 28.0. The Labute approximate surface area is 94.7 Å². The van der Waals surface area contributed by atoms with Crippen LogP contribution >= 0.6 is 0 Å². The summed E-state index contributed by atoms with van der Waals surface area (Å²) in [6.45, 7) is 4.34. The van der Waals surface area contributed by atoms with Crippen LogP contribution in [-0.2, 0) is 9.53 Å². The molecule has 0 aliphatic carbocycles. The summed E-state index contributed by atoms with van der Waals surface area (Å²) in [7, 11) is 0. The largest absolute Gasteiger partial charge is 0.374 e. The van der Waals surface area contributed by atoms with Crippen LogP contribution in [0.1, 0.15) is 20.3 Å².